The van der Waals surface area contributed by atoms with E-state index in [1.807, 2.05) is 0 Å². The second-order valence-corrected chi connectivity index (χ2v) is 3.98. The Hall–Kier alpha value is -1.78. The number of nitrogens with two attached hydrogens (primary N) is 1. The van der Waals surface area contributed by atoms with E-state index in [4.69, 9.17) is 5.73 Å². The number of hydrogen-bond acceptors (Lipinski definition) is 3. The third kappa shape index (κ3) is 2.24. The van der Waals surface area contributed by atoms with Gasteiger partial charge in [-0.15, -0.1) is 0 Å². The summed E-state index contributed by atoms with van der Waals surface area (Å²) in [6.45, 7) is 1.90. The Bertz CT molecular complexity index is 453. The van der Waals surface area contributed by atoms with Crippen molar-refractivity contribution < 1.29 is 4.79 Å². The molecule has 2 rings (SSSR count). The lowest BCUT2D eigenvalue weighted by atomic mass is 10.4. The largest absolute Gasteiger partial charge is 0.398 e. The highest BCUT2D eigenvalue weighted by Crippen LogP contribution is 2.09. The van der Waals surface area contributed by atoms with Crippen LogP contribution >= 0.6 is 0 Å². The molecule has 16 heavy (non-hydrogen) atoms. The molecule has 0 aliphatic carbocycles. The maximum absolute atomic E-state index is 11.5. The first-order valence-corrected chi connectivity index (χ1v) is 5.40. The molecule has 0 saturated carbocycles. The zero-order valence-electron chi connectivity index (χ0n) is 9.06. The standard InChI is InChI=1S/C11H15N3O2/c12-9-3-4-11(16)14(8-9)7-6-13-5-1-2-10(13)15/h3-4,8H,1-2,5-7,12H2. The van der Waals surface area contributed by atoms with Crippen molar-refractivity contribution in [2.24, 2.45) is 0 Å². The highest BCUT2D eigenvalue weighted by molar-refractivity contribution is 5.77. The predicted molar refractivity (Wildman–Crippen MR) is 60.9 cm³/mol. The number of carbonyl (C=O) groups excluding carboxylic acids is 1. The monoisotopic (exact) mass is 221 g/mol. The van der Waals surface area contributed by atoms with Crippen molar-refractivity contribution in [2.75, 3.05) is 18.8 Å². The second-order valence-electron chi connectivity index (χ2n) is 3.98. The molecular weight excluding hydrogens is 206 g/mol. The minimum absolute atomic E-state index is 0.0826. The number of aromatic nitrogens is 1. The number of amides is 1. The fourth-order valence-electron chi connectivity index (χ4n) is 1.89. The highest BCUT2D eigenvalue weighted by Gasteiger charge is 2.19. The molecule has 5 nitrogen and oxygen atoms in total. The van der Waals surface area contributed by atoms with Crippen LogP contribution in [0.3, 0.4) is 0 Å². The van der Waals surface area contributed by atoms with E-state index in [1.54, 1.807) is 21.7 Å². The van der Waals surface area contributed by atoms with Gasteiger partial charge in [0.1, 0.15) is 0 Å². The predicted octanol–water partition coefficient (Wildman–Crippen LogP) is 0.0529. The molecule has 86 valence electrons. The molecule has 1 aromatic heterocycles. The van der Waals surface area contributed by atoms with E-state index < -0.39 is 0 Å². The van der Waals surface area contributed by atoms with Gasteiger partial charge in [0.2, 0.25) is 5.91 Å². The van der Waals surface area contributed by atoms with Crippen LogP contribution in [0.2, 0.25) is 0 Å². The Kier molecular flexibility index (Phi) is 2.94. The number of nitrogen functional groups attached to an aromatic ring is 1. The van der Waals surface area contributed by atoms with Gasteiger partial charge in [-0.2, -0.15) is 0 Å². The number of rotatable bonds is 3. The Morgan fingerprint density at radius 1 is 1.25 bits per heavy atom. The zero-order chi connectivity index (χ0) is 11.5. The van der Waals surface area contributed by atoms with Crippen molar-refractivity contribution in [3.8, 4) is 0 Å². The lowest BCUT2D eigenvalue weighted by Crippen LogP contribution is -2.31. The van der Waals surface area contributed by atoms with Crippen LogP contribution in [0.25, 0.3) is 0 Å². The Morgan fingerprint density at radius 2 is 2.06 bits per heavy atom. The Balaban J connectivity index is 2.01. The fourth-order valence-corrected chi connectivity index (χ4v) is 1.89. The van der Waals surface area contributed by atoms with Crippen LogP contribution in [0.5, 0.6) is 0 Å². The topological polar surface area (TPSA) is 68.3 Å². The first-order chi connectivity index (χ1) is 7.66. The van der Waals surface area contributed by atoms with Gasteiger partial charge in [-0.05, 0) is 12.5 Å². The van der Waals surface area contributed by atoms with Crippen LogP contribution in [0.15, 0.2) is 23.1 Å². The molecule has 2 heterocycles. The minimum Gasteiger partial charge on any atom is -0.398 e. The molecule has 0 aromatic carbocycles. The summed E-state index contributed by atoms with van der Waals surface area (Å²) in [4.78, 5) is 24.6. The first kappa shape index (κ1) is 10.7. The van der Waals surface area contributed by atoms with E-state index in [9.17, 15) is 9.59 Å². The third-order valence-electron chi connectivity index (χ3n) is 2.79. The van der Waals surface area contributed by atoms with Gasteiger partial charge in [0.25, 0.3) is 5.56 Å². The smallest absolute Gasteiger partial charge is 0.250 e. The number of nitrogens with zero attached hydrogens (tertiary/aromatic N) is 2. The van der Waals surface area contributed by atoms with Crippen LogP contribution in [0.4, 0.5) is 5.69 Å². The van der Waals surface area contributed by atoms with Crippen molar-refractivity contribution in [3.63, 3.8) is 0 Å². The normalized spacial score (nSPS) is 15.8. The van der Waals surface area contributed by atoms with Crippen LogP contribution in [-0.4, -0.2) is 28.5 Å². The third-order valence-corrected chi connectivity index (χ3v) is 2.79. The quantitative estimate of drug-likeness (QED) is 0.784. The van der Waals surface area contributed by atoms with Crippen LogP contribution in [-0.2, 0) is 11.3 Å². The molecule has 0 unspecified atom stereocenters. The van der Waals surface area contributed by atoms with E-state index in [2.05, 4.69) is 0 Å². The van der Waals surface area contributed by atoms with Gasteiger partial charge in [0, 0.05) is 44.0 Å². The molecule has 0 radical (unpaired) electrons. The molecule has 1 aliphatic heterocycles. The van der Waals surface area contributed by atoms with Gasteiger partial charge in [0.05, 0.1) is 0 Å². The van der Waals surface area contributed by atoms with Crippen molar-refractivity contribution in [1.82, 2.24) is 9.47 Å². The lowest BCUT2D eigenvalue weighted by Gasteiger charge is -2.16. The minimum atomic E-state index is -0.0826. The van der Waals surface area contributed by atoms with Crippen molar-refractivity contribution in [3.05, 3.63) is 28.7 Å². The first-order valence-electron chi connectivity index (χ1n) is 5.40. The molecule has 0 atom stereocenters. The molecule has 5 heteroatoms. The van der Waals surface area contributed by atoms with Crippen LogP contribution < -0.4 is 11.3 Å². The summed E-state index contributed by atoms with van der Waals surface area (Å²) < 4.78 is 1.54. The van der Waals surface area contributed by atoms with Gasteiger partial charge in [-0.3, -0.25) is 9.59 Å². The molecule has 0 bridgehead atoms. The molecule has 0 spiro atoms. The maximum atomic E-state index is 11.5. The van der Waals surface area contributed by atoms with Gasteiger partial charge in [-0.25, -0.2) is 0 Å². The maximum Gasteiger partial charge on any atom is 0.250 e. The van der Waals surface area contributed by atoms with Gasteiger partial charge in [-0.1, -0.05) is 0 Å². The summed E-state index contributed by atoms with van der Waals surface area (Å²) in [6, 6.07) is 3.03. The fraction of sp³-hybridized carbons (Fsp3) is 0.455. The lowest BCUT2D eigenvalue weighted by molar-refractivity contribution is -0.127. The zero-order valence-corrected chi connectivity index (χ0v) is 9.06. The summed E-state index contributed by atoms with van der Waals surface area (Å²) >= 11 is 0. The molecule has 1 aliphatic rings. The van der Waals surface area contributed by atoms with E-state index >= 15 is 0 Å². The van der Waals surface area contributed by atoms with E-state index in [1.165, 1.54) is 6.07 Å². The average Bonchev–Trinajstić information content (AvgIpc) is 2.66. The summed E-state index contributed by atoms with van der Waals surface area (Å²) in [5, 5.41) is 0. The van der Waals surface area contributed by atoms with Crippen LogP contribution in [0, 0.1) is 0 Å². The number of pyridine rings is 1. The van der Waals surface area contributed by atoms with Gasteiger partial charge < -0.3 is 15.2 Å². The number of anilines is 1. The van der Waals surface area contributed by atoms with Crippen molar-refractivity contribution >= 4 is 11.6 Å². The second kappa shape index (κ2) is 4.38. The number of carbonyl (C=O) groups is 1. The van der Waals surface area contributed by atoms with E-state index in [0.29, 0.717) is 25.2 Å². The number of likely N-dealkylation sites (tertiary alicyclic amines) is 1. The molecular formula is C11H15N3O2. The Labute approximate surface area is 93.5 Å². The van der Waals surface area contributed by atoms with Crippen LogP contribution in [0.1, 0.15) is 12.8 Å². The van der Waals surface area contributed by atoms with E-state index in [-0.39, 0.29) is 11.5 Å². The van der Waals surface area contributed by atoms with Crippen molar-refractivity contribution in [2.45, 2.75) is 19.4 Å². The summed E-state index contributed by atoms with van der Waals surface area (Å²) in [7, 11) is 0. The average molecular weight is 221 g/mol. The number of hydrogen-bond donors (Lipinski definition) is 1. The van der Waals surface area contributed by atoms with Crippen molar-refractivity contribution in [1.29, 1.82) is 0 Å². The summed E-state index contributed by atoms with van der Waals surface area (Å²) in [6.07, 6.45) is 3.17. The summed E-state index contributed by atoms with van der Waals surface area (Å²) in [5.74, 6) is 0.178. The molecule has 1 amide bonds. The molecule has 1 fully saturated rings. The van der Waals surface area contributed by atoms with E-state index in [0.717, 1.165) is 13.0 Å². The van der Waals surface area contributed by atoms with Gasteiger partial charge >= 0.3 is 0 Å². The molecule has 1 saturated heterocycles. The highest BCUT2D eigenvalue weighted by atomic mass is 16.2. The molecule has 2 N–H and O–H groups in total. The van der Waals surface area contributed by atoms with Gasteiger partial charge in [0.15, 0.2) is 0 Å². The summed E-state index contributed by atoms with van der Waals surface area (Å²) in [5.41, 5.74) is 6.08. The SMILES string of the molecule is Nc1ccc(=O)n(CCN2CCCC2=O)c1. The molecule has 1 aromatic rings. The Morgan fingerprint density at radius 3 is 2.75 bits per heavy atom.